The zero-order valence-electron chi connectivity index (χ0n) is 15.8. The van der Waals surface area contributed by atoms with Gasteiger partial charge >= 0.3 is 0 Å². The summed E-state index contributed by atoms with van der Waals surface area (Å²) < 4.78 is 17.3. The predicted octanol–water partition coefficient (Wildman–Crippen LogP) is 2.58. The van der Waals surface area contributed by atoms with Gasteiger partial charge in [-0.05, 0) is 24.6 Å². The molecule has 0 unspecified atom stereocenters. The number of benzene rings is 1. The Morgan fingerprint density at radius 2 is 2.07 bits per heavy atom. The Hall–Kier alpha value is -1.87. The van der Waals surface area contributed by atoms with Crippen molar-refractivity contribution < 1.29 is 19.0 Å². The van der Waals surface area contributed by atoms with E-state index in [0.29, 0.717) is 24.9 Å². The van der Waals surface area contributed by atoms with Crippen molar-refractivity contribution in [1.82, 2.24) is 9.88 Å². The van der Waals surface area contributed by atoms with Crippen molar-refractivity contribution in [2.75, 3.05) is 57.5 Å². The van der Waals surface area contributed by atoms with Gasteiger partial charge in [-0.3, -0.25) is 14.6 Å². The maximum absolute atomic E-state index is 13.1. The summed E-state index contributed by atoms with van der Waals surface area (Å²) in [4.78, 5) is 21.8. The van der Waals surface area contributed by atoms with E-state index in [1.165, 1.54) is 23.2 Å². The van der Waals surface area contributed by atoms with Crippen LogP contribution in [0, 0.1) is 6.92 Å². The van der Waals surface area contributed by atoms with Gasteiger partial charge in [-0.15, -0.1) is 12.4 Å². The molecule has 2 aromatic rings. The van der Waals surface area contributed by atoms with E-state index < -0.39 is 0 Å². The zero-order valence-corrected chi connectivity index (χ0v) is 17.4. The van der Waals surface area contributed by atoms with Crippen LogP contribution in [-0.2, 0) is 19.0 Å². The standard InChI is InChI=1S/C19H23N3O4S.ClH/c1-14-2-3-15-17(12-14)27-19(20-15)22(5-4-21-6-8-24-9-7-21)18(23)16-13-25-10-11-26-16;/h2-3,12-13H,4-11H2,1H3;1H. The Labute approximate surface area is 174 Å². The van der Waals surface area contributed by atoms with Crippen LogP contribution in [0.5, 0.6) is 0 Å². The lowest BCUT2D eigenvalue weighted by atomic mass is 10.2. The van der Waals surface area contributed by atoms with E-state index in [4.69, 9.17) is 19.2 Å². The van der Waals surface area contributed by atoms with Crippen molar-refractivity contribution in [2.45, 2.75) is 6.92 Å². The highest BCUT2D eigenvalue weighted by Crippen LogP contribution is 2.30. The van der Waals surface area contributed by atoms with Crippen molar-refractivity contribution in [2.24, 2.45) is 0 Å². The van der Waals surface area contributed by atoms with Gasteiger partial charge in [-0.25, -0.2) is 4.98 Å². The van der Waals surface area contributed by atoms with E-state index in [1.54, 1.807) is 4.90 Å². The minimum atomic E-state index is -0.210. The summed E-state index contributed by atoms with van der Waals surface area (Å²) in [5.41, 5.74) is 2.08. The van der Waals surface area contributed by atoms with Crippen LogP contribution in [0.25, 0.3) is 10.2 Å². The van der Waals surface area contributed by atoms with Crippen molar-refractivity contribution in [3.8, 4) is 0 Å². The summed E-state index contributed by atoms with van der Waals surface area (Å²) in [6.07, 6.45) is 1.41. The fourth-order valence-corrected chi connectivity index (χ4v) is 4.19. The van der Waals surface area contributed by atoms with E-state index in [2.05, 4.69) is 17.9 Å². The zero-order chi connectivity index (χ0) is 18.6. The number of anilines is 1. The van der Waals surface area contributed by atoms with Gasteiger partial charge in [-0.2, -0.15) is 0 Å². The number of thiazole rings is 1. The average Bonchev–Trinajstić information content (AvgIpc) is 3.12. The molecule has 1 fully saturated rings. The van der Waals surface area contributed by atoms with E-state index in [1.807, 2.05) is 12.1 Å². The maximum Gasteiger partial charge on any atom is 0.298 e. The summed E-state index contributed by atoms with van der Waals surface area (Å²) in [5.74, 6) is 0.0254. The molecule has 2 aliphatic rings. The van der Waals surface area contributed by atoms with E-state index >= 15 is 0 Å². The summed E-state index contributed by atoms with van der Waals surface area (Å²) in [6.45, 7) is 7.42. The summed E-state index contributed by atoms with van der Waals surface area (Å²) in [6, 6.07) is 6.13. The van der Waals surface area contributed by atoms with Gasteiger partial charge in [0, 0.05) is 26.2 Å². The van der Waals surface area contributed by atoms with Crippen LogP contribution in [0.1, 0.15) is 5.56 Å². The van der Waals surface area contributed by atoms with Gasteiger partial charge in [-0.1, -0.05) is 17.4 Å². The third-order valence-electron chi connectivity index (χ3n) is 4.61. The topological polar surface area (TPSA) is 64.1 Å². The van der Waals surface area contributed by atoms with Crippen LogP contribution in [0.4, 0.5) is 5.13 Å². The number of ether oxygens (including phenoxy) is 3. The highest BCUT2D eigenvalue weighted by Gasteiger charge is 2.27. The van der Waals surface area contributed by atoms with Gasteiger partial charge < -0.3 is 14.2 Å². The minimum Gasteiger partial charge on any atom is -0.494 e. The van der Waals surface area contributed by atoms with E-state index in [-0.39, 0.29) is 24.1 Å². The molecule has 0 saturated carbocycles. The molecule has 3 heterocycles. The molecular weight excluding hydrogens is 402 g/mol. The quantitative estimate of drug-likeness (QED) is 0.733. The van der Waals surface area contributed by atoms with Gasteiger partial charge in [0.1, 0.15) is 19.5 Å². The highest BCUT2D eigenvalue weighted by molar-refractivity contribution is 7.22. The van der Waals surface area contributed by atoms with Crippen molar-refractivity contribution >= 4 is 45.0 Å². The Balaban J connectivity index is 0.00000225. The second kappa shape index (κ2) is 9.56. The van der Waals surface area contributed by atoms with Gasteiger partial charge in [0.05, 0.1) is 23.4 Å². The number of amides is 1. The average molecular weight is 426 g/mol. The normalized spacial score (nSPS) is 17.2. The SMILES string of the molecule is Cc1ccc2nc(N(CCN3CCOCC3)C(=O)C3=COCCO3)sc2c1.Cl. The first kappa shape index (κ1) is 20.9. The number of hydrogen-bond acceptors (Lipinski definition) is 7. The first-order chi connectivity index (χ1) is 13.2. The number of hydrogen-bond donors (Lipinski definition) is 0. The number of nitrogens with zero attached hydrogens (tertiary/aromatic N) is 3. The molecule has 1 aromatic carbocycles. The van der Waals surface area contributed by atoms with Crippen LogP contribution in [0.15, 0.2) is 30.2 Å². The Bertz CT molecular complexity index is 851. The number of rotatable bonds is 5. The molecule has 9 heteroatoms. The fourth-order valence-electron chi connectivity index (χ4n) is 3.10. The molecule has 0 bridgehead atoms. The van der Waals surface area contributed by atoms with Crippen LogP contribution >= 0.6 is 23.7 Å². The molecule has 1 saturated heterocycles. The van der Waals surface area contributed by atoms with Crippen molar-refractivity contribution in [3.05, 3.63) is 35.8 Å². The molecule has 28 heavy (non-hydrogen) atoms. The summed E-state index contributed by atoms with van der Waals surface area (Å²) in [5, 5.41) is 0.684. The van der Waals surface area contributed by atoms with Crippen LogP contribution in [0.2, 0.25) is 0 Å². The van der Waals surface area contributed by atoms with Crippen LogP contribution < -0.4 is 4.90 Å². The lowest BCUT2D eigenvalue weighted by Crippen LogP contribution is -2.44. The number of carbonyl (C=O) groups excluding carboxylic acids is 1. The first-order valence-corrected chi connectivity index (χ1v) is 9.96. The Morgan fingerprint density at radius 3 is 2.82 bits per heavy atom. The molecule has 0 radical (unpaired) electrons. The van der Waals surface area contributed by atoms with Crippen molar-refractivity contribution in [1.29, 1.82) is 0 Å². The number of aromatic nitrogens is 1. The Kier molecular flexibility index (Phi) is 7.12. The number of fused-ring (bicyclic) bond motifs is 1. The molecule has 1 amide bonds. The third-order valence-corrected chi connectivity index (χ3v) is 5.65. The lowest BCUT2D eigenvalue weighted by Gasteiger charge is -2.29. The molecule has 1 aromatic heterocycles. The molecule has 152 valence electrons. The number of halogens is 1. The van der Waals surface area contributed by atoms with Gasteiger partial charge in [0.25, 0.3) is 5.91 Å². The lowest BCUT2D eigenvalue weighted by molar-refractivity contribution is -0.119. The highest BCUT2D eigenvalue weighted by atomic mass is 35.5. The number of carbonyl (C=O) groups is 1. The van der Waals surface area contributed by atoms with Crippen molar-refractivity contribution in [3.63, 3.8) is 0 Å². The smallest absolute Gasteiger partial charge is 0.298 e. The second-order valence-corrected chi connectivity index (χ2v) is 7.59. The molecule has 4 rings (SSSR count). The van der Waals surface area contributed by atoms with Crippen LogP contribution in [0.3, 0.4) is 0 Å². The monoisotopic (exact) mass is 425 g/mol. The summed E-state index contributed by atoms with van der Waals surface area (Å²) in [7, 11) is 0. The van der Waals surface area contributed by atoms with E-state index in [9.17, 15) is 4.79 Å². The molecule has 0 spiro atoms. The fraction of sp³-hybridized carbons (Fsp3) is 0.474. The maximum atomic E-state index is 13.1. The minimum absolute atomic E-state index is 0. The molecule has 7 nitrogen and oxygen atoms in total. The first-order valence-electron chi connectivity index (χ1n) is 9.14. The molecule has 2 aliphatic heterocycles. The van der Waals surface area contributed by atoms with Gasteiger partial charge in [0.15, 0.2) is 5.13 Å². The molecule has 0 N–H and O–H groups in total. The Morgan fingerprint density at radius 1 is 1.25 bits per heavy atom. The van der Waals surface area contributed by atoms with Gasteiger partial charge in [0.2, 0.25) is 5.76 Å². The third kappa shape index (κ3) is 4.75. The molecule has 0 aliphatic carbocycles. The largest absolute Gasteiger partial charge is 0.494 e. The predicted molar refractivity (Wildman–Crippen MR) is 111 cm³/mol. The summed E-state index contributed by atoms with van der Waals surface area (Å²) >= 11 is 1.53. The molecule has 0 atom stereocenters. The molecular formula is C19H24ClN3O4S. The number of aryl methyl sites for hydroxylation is 1. The second-order valence-electron chi connectivity index (χ2n) is 6.58. The van der Waals surface area contributed by atoms with Crippen LogP contribution in [-0.4, -0.2) is 68.4 Å². The number of morpholine rings is 1. The van der Waals surface area contributed by atoms with E-state index in [0.717, 1.165) is 43.1 Å².